The van der Waals surface area contributed by atoms with E-state index in [2.05, 4.69) is 22.3 Å². The summed E-state index contributed by atoms with van der Waals surface area (Å²) in [6.45, 7) is 0.690. The van der Waals surface area contributed by atoms with Crippen LogP contribution < -0.4 is 4.74 Å². The minimum absolute atomic E-state index is 0.151. The molecular weight excluding hydrogens is 378 g/mol. The van der Waals surface area contributed by atoms with Crippen molar-refractivity contribution in [2.75, 3.05) is 7.05 Å². The zero-order chi connectivity index (χ0) is 20.9. The highest BCUT2D eigenvalue weighted by Gasteiger charge is 2.16. The Balaban J connectivity index is 1.34. The molecule has 30 heavy (non-hydrogen) atoms. The smallest absolute Gasteiger partial charge is 0.274 e. The van der Waals surface area contributed by atoms with Gasteiger partial charge >= 0.3 is 0 Å². The number of carbonyl (C=O) groups excluding carboxylic acids is 1. The molecule has 0 fully saturated rings. The molecule has 0 saturated carbocycles. The Morgan fingerprint density at radius 3 is 2.43 bits per heavy atom. The van der Waals surface area contributed by atoms with E-state index in [1.54, 1.807) is 39.8 Å². The van der Waals surface area contributed by atoms with Crippen LogP contribution in [0.3, 0.4) is 0 Å². The van der Waals surface area contributed by atoms with Crippen molar-refractivity contribution >= 4 is 5.91 Å². The quantitative estimate of drug-likeness (QED) is 0.475. The number of hydrogen-bond donors (Lipinski definition) is 0. The number of aryl methyl sites for hydroxylation is 1. The van der Waals surface area contributed by atoms with E-state index in [0.29, 0.717) is 12.2 Å². The third-order valence-corrected chi connectivity index (χ3v) is 4.85. The maximum atomic E-state index is 12.6. The van der Waals surface area contributed by atoms with E-state index in [-0.39, 0.29) is 12.6 Å². The van der Waals surface area contributed by atoms with E-state index in [9.17, 15) is 4.79 Å². The van der Waals surface area contributed by atoms with Crippen LogP contribution in [0.25, 0.3) is 11.1 Å². The van der Waals surface area contributed by atoms with E-state index in [0.717, 1.165) is 22.6 Å². The summed E-state index contributed by atoms with van der Waals surface area (Å²) in [4.78, 5) is 14.2. The van der Waals surface area contributed by atoms with Crippen molar-refractivity contribution in [2.24, 2.45) is 7.05 Å². The number of hydrogen-bond acceptors (Lipinski definition) is 4. The molecule has 4 aromatic rings. The Labute approximate surface area is 175 Å². The molecular formula is C23H23N5O2. The Hall–Kier alpha value is -3.87. The maximum absolute atomic E-state index is 12.6. The molecule has 7 nitrogen and oxygen atoms in total. The summed E-state index contributed by atoms with van der Waals surface area (Å²) < 4.78 is 9.16. The van der Waals surface area contributed by atoms with Crippen LogP contribution >= 0.6 is 0 Å². The van der Waals surface area contributed by atoms with E-state index in [4.69, 9.17) is 4.74 Å². The van der Waals surface area contributed by atoms with Gasteiger partial charge in [0.1, 0.15) is 5.75 Å². The predicted molar refractivity (Wildman–Crippen MR) is 114 cm³/mol. The molecule has 0 N–H and O–H groups in total. The van der Waals surface area contributed by atoms with Crippen LogP contribution in [0.1, 0.15) is 16.2 Å². The van der Waals surface area contributed by atoms with Crippen molar-refractivity contribution in [1.82, 2.24) is 24.5 Å². The van der Waals surface area contributed by atoms with Gasteiger partial charge in [-0.05, 0) is 35.4 Å². The van der Waals surface area contributed by atoms with Gasteiger partial charge < -0.3 is 9.64 Å². The number of benzene rings is 2. The third-order valence-electron chi connectivity index (χ3n) is 4.85. The fourth-order valence-corrected chi connectivity index (χ4v) is 3.13. The van der Waals surface area contributed by atoms with Gasteiger partial charge in [0.15, 0.2) is 12.4 Å². The second-order valence-corrected chi connectivity index (χ2v) is 7.01. The summed E-state index contributed by atoms with van der Waals surface area (Å²) >= 11 is 0. The first-order valence-corrected chi connectivity index (χ1v) is 9.64. The van der Waals surface area contributed by atoms with E-state index < -0.39 is 0 Å². The van der Waals surface area contributed by atoms with Crippen molar-refractivity contribution < 1.29 is 9.53 Å². The summed E-state index contributed by atoms with van der Waals surface area (Å²) in [5.74, 6) is 0.591. The lowest BCUT2D eigenvalue weighted by molar-refractivity contribution is 0.0774. The van der Waals surface area contributed by atoms with Crippen LogP contribution in [0.2, 0.25) is 0 Å². The van der Waals surface area contributed by atoms with E-state index in [1.165, 1.54) is 0 Å². The van der Waals surface area contributed by atoms with Gasteiger partial charge in [-0.15, -0.1) is 0 Å². The molecule has 2 heterocycles. The van der Waals surface area contributed by atoms with Crippen molar-refractivity contribution in [1.29, 1.82) is 0 Å². The van der Waals surface area contributed by atoms with Crippen LogP contribution in [0.15, 0.2) is 79.1 Å². The lowest BCUT2D eigenvalue weighted by Crippen LogP contribution is -2.27. The lowest BCUT2D eigenvalue weighted by Gasteiger charge is -2.15. The van der Waals surface area contributed by atoms with E-state index in [1.807, 2.05) is 55.6 Å². The van der Waals surface area contributed by atoms with Crippen LogP contribution in [0, 0.1) is 0 Å². The first kappa shape index (κ1) is 19.4. The van der Waals surface area contributed by atoms with Crippen LogP contribution in [0.5, 0.6) is 5.75 Å². The summed E-state index contributed by atoms with van der Waals surface area (Å²) in [7, 11) is 3.60. The van der Waals surface area contributed by atoms with Crippen LogP contribution in [-0.4, -0.2) is 37.4 Å². The number of carbonyl (C=O) groups is 1. The molecule has 0 bridgehead atoms. The predicted octanol–water partition coefficient (Wildman–Crippen LogP) is 3.59. The van der Waals surface area contributed by atoms with Crippen molar-refractivity contribution in [3.8, 4) is 16.9 Å². The normalized spacial score (nSPS) is 10.7. The highest BCUT2D eigenvalue weighted by Crippen LogP contribution is 2.22. The molecule has 1 amide bonds. The number of rotatable bonds is 7. The van der Waals surface area contributed by atoms with Crippen molar-refractivity contribution in [3.05, 3.63) is 90.5 Å². The molecule has 0 radical (unpaired) electrons. The molecule has 7 heteroatoms. The Bertz CT molecular complexity index is 1120. The Morgan fingerprint density at radius 2 is 1.73 bits per heavy atom. The van der Waals surface area contributed by atoms with Gasteiger partial charge in [0.05, 0.1) is 12.2 Å². The molecule has 0 aliphatic carbocycles. The molecule has 0 unspecified atom stereocenters. The Morgan fingerprint density at radius 1 is 1.00 bits per heavy atom. The largest absolute Gasteiger partial charge is 0.471 e. The number of aromatic nitrogens is 4. The second-order valence-electron chi connectivity index (χ2n) is 7.01. The maximum Gasteiger partial charge on any atom is 0.274 e. The summed E-state index contributed by atoms with van der Waals surface area (Å²) in [5, 5.41) is 8.47. The van der Waals surface area contributed by atoms with Gasteiger partial charge in [-0.2, -0.15) is 10.2 Å². The first-order valence-electron chi connectivity index (χ1n) is 9.64. The van der Waals surface area contributed by atoms with Crippen LogP contribution in [0.4, 0.5) is 0 Å². The summed E-state index contributed by atoms with van der Waals surface area (Å²) in [5.41, 5.74) is 3.62. The van der Waals surface area contributed by atoms with Crippen LogP contribution in [-0.2, 0) is 20.3 Å². The van der Waals surface area contributed by atoms with Gasteiger partial charge in [0.25, 0.3) is 5.91 Å². The standard InChI is InChI=1S/C23H23N5O2/c1-26(16-20-12-14-24-27(20)2)23(29)22-13-15-28(25-22)17-30-21-10-8-19(9-11-21)18-6-4-3-5-7-18/h3-15H,16-17H2,1-2H3. The molecule has 0 spiro atoms. The SMILES string of the molecule is CN(Cc1ccnn1C)C(=O)c1ccn(COc2ccc(-c3ccccc3)cc2)n1. The molecule has 2 aromatic heterocycles. The average molecular weight is 401 g/mol. The third kappa shape index (κ3) is 4.41. The zero-order valence-corrected chi connectivity index (χ0v) is 17.0. The molecule has 0 aliphatic rings. The number of nitrogens with zero attached hydrogens (tertiary/aromatic N) is 5. The van der Waals surface area contributed by atoms with Gasteiger partial charge in [-0.1, -0.05) is 42.5 Å². The Kier molecular flexibility index (Phi) is 5.61. The fourth-order valence-electron chi connectivity index (χ4n) is 3.13. The lowest BCUT2D eigenvalue weighted by atomic mass is 10.1. The molecule has 2 aromatic carbocycles. The average Bonchev–Trinajstić information content (AvgIpc) is 3.42. The topological polar surface area (TPSA) is 65.2 Å². The molecule has 0 saturated heterocycles. The molecule has 152 valence electrons. The van der Waals surface area contributed by atoms with Gasteiger partial charge in [0.2, 0.25) is 0 Å². The zero-order valence-electron chi connectivity index (χ0n) is 17.0. The number of ether oxygens (including phenoxy) is 1. The summed E-state index contributed by atoms with van der Waals surface area (Å²) in [6.07, 6.45) is 3.45. The van der Waals surface area contributed by atoms with Crippen molar-refractivity contribution in [2.45, 2.75) is 13.3 Å². The van der Waals surface area contributed by atoms with Gasteiger partial charge in [-0.3, -0.25) is 9.48 Å². The molecule has 4 rings (SSSR count). The number of amides is 1. The minimum atomic E-state index is -0.151. The second kappa shape index (κ2) is 8.65. The molecule has 0 aliphatic heterocycles. The van der Waals surface area contributed by atoms with Gasteiger partial charge in [0, 0.05) is 26.5 Å². The first-order chi connectivity index (χ1) is 14.6. The highest BCUT2D eigenvalue weighted by atomic mass is 16.5. The van der Waals surface area contributed by atoms with E-state index >= 15 is 0 Å². The molecule has 0 atom stereocenters. The highest BCUT2D eigenvalue weighted by molar-refractivity contribution is 5.91. The minimum Gasteiger partial charge on any atom is -0.471 e. The monoisotopic (exact) mass is 401 g/mol. The fraction of sp³-hybridized carbons (Fsp3) is 0.174. The summed E-state index contributed by atoms with van der Waals surface area (Å²) in [6, 6.07) is 21.7. The van der Waals surface area contributed by atoms with Crippen molar-refractivity contribution in [3.63, 3.8) is 0 Å². The van der Waals surface area contributed by atoms with Gasteiger partial charge in [-0.25, -0.2) is 4.68 Å².